The lowest BCUT2D eigenvalue weighted by Gasteiger charge is -2.33. The van der Waals surface area contributed by atoms with Crippen LogP contribution in [0.5, 0.6) is 0 Å². The molecule has 1 aromatic carbocycles. The van der Waals surface area contributed by atoms with Gasteiger partial charge in [0.15, 0.2) is 0 Å². The van der Waals surface area contributed by atoms with Crippen LogP contribution in [0, 0.1) is 0 Å². The molecule has 3 amide bonds. The van der Waals surface area contributed by atoms with E-state index in [9.17, 15) is 18.8 Å². The van der Waals surface area contributed by atoms with Crippen molar-refractivity contribution in [1.82, 2.24) is 20.2 Å². The molecule has 3 aliphatic rings. The first-order valence-electron chi connectivity index (χ1n) is 11.0. The van der Waals surface area contributed by atoms with E-state index in [1.54, 1.807) is 47.5 Å². The number of fused-ring (bicyclic) bond motifs is 2. The minimum Gasteiger partial charge on any atom is -0.383 e. The molecule has 0 aromatic heterocycles. The molecule has 1 aromatic rings. The molecule has 0 unspecified atom stereocenters. The summed E-state index contributed by atoms with van der Waals surface area (Å²) in [5, 5.41) is 1.66. The summed E-state index contributed by atoms with van der Waals surface area (Å²) in [6.45, 7) is 2.11. The number of hydrogen-bond donors (Lipinski definition) is 1. The number of piperidine rings is 1. The number of likely N-dealkylation sites (tertiary alicyclic amines) is 1. The van der Waals surface area contributed by atoms with Gasteiger partial charge in [-0.3, -0.25) is 19.3 Å². The molecule has 0 bridgehead atoms. The van der Waals surface area contributed by atoms with Crippen molar-refractivity contribution in [2.75, 3.05) is 46.4 Å². The van der Waals surface area contributed by atoms with Gasteiger partial charge in [0.2, 0.25) is 0 Å². The molecule has 0 saturated carbocycles. The molecule has 0 atom stereocenters. The summed E-state index contributed by atoms with van der Waals surface area (Å²) in [5.74, 6) is -0.963. The maximum absolute atomic E-state index is 13.9. The number of nitrogens with one attached hydrogen (secondary N) is 1. The first kappa shape index (κ1) is 22.9. The lowest BCUT2D eigenvalue weighted by molar-refractivity contribution is -0.128. The Morgan fingerprint density at radius 2 is 1.85 bits per heavy atom. The van der Waals surface area contributed by atoms with E-state index in [0.29, 0.717) is 49.3 Å². The number of imide groups is 1. The van der Waals surface area contributed by atoms with Crippen LogP contribution in [-0.2, 0) is 9.53 Å². The maximum atomic E-state index is 13.9. The Morgan fingerprint density at radius 3 is 2.52 bits per heavy atom. The van der Waals surface area contributed by atoms with E-state index in [1.165, 1.54) is 0 Å². The van der Waals surface area contributed by atoms with Crippen LogP contribution >= 0.6 is 0 Å². The van der Waals surface area contributed by atoms with Crippen molar-refractivity contribution >= 4 is 17.7 Å². The fraction of sp³-hybridized carbons (Fsp3) is 0.375. The van der Waals surface area contributed by atoms with Crippen LogP contribution in [0.25, 0.3) is 0 Å². The van der Waals surface area contributed by atoms with Crippen molar-refractivity contribution in [1.29, 1.82) is 0 Å². The van der Waals surface area contributed by atoms with Gasteiger partial charge in [-0.1, -0.05) is 18.2 Å². The number of rotatable bonds is 7. The van der Waals surface area contributed by atoms with Gasteiger partial charge in [0, 0.05) is 32.9 Å². The van der Waals surface area contributed by atoms with E-state index in [1.807, 2.05) is 0 Å². The zero-order valence-electron chi connectivity index (χ0n) is 18.6. The van der Waals surface area contributed by atoms with Crippen molar-refractivity contribution < 1.29 is 23.5 Å². The standard InChI is InChI=1S/C24H27FN4O4/c1-33-12-11-27-10-8-18-5-4-9-26-28(16-21(18)22(27)30)14-17(13-25)15-29-23(31)19-6-2-3-7-20(19)24(29)32/h2-3,5-7,13,16,26H,4,8-12,14-15H2,1H3/b17-13-,18-5?,21-16?. The van der Waals surface area contributed by atoms with Crippen LogP contribution in [0.4, 0.5) is 4.39 Å². The minimum atomic E-state index is -0.435. The average molecular weight is 455 g/mol. The van der Waals surface area contributed by atoms with Gasteiger partial charge in [-0.2, -0.15) is 0 Å². The van der Waals surface area contributed by atoms with E-state index in [0.717, 1.165) is 23.3 Å². The molecule has 3 aliphatic heterocycles. The second-order valence-electron chi connectivity index (χ2n) is 8.14. The minimum absolute atomic E-state index is 0.0754. The average Bonchev–Trinajstić information content (AvgIpc) is 3.05. The predicted octanol–water partition coefficient (Wildman–Crippen LogP) is 2.04. The number of amides is 3. The fourth-order valence-corrected chi connectivity index (χ4v) is 4.25. The smallest absolute Gasteiger partial charge is 0.261 e. The quantitative estimate of drug-likeness (QED) is 0.635. The summed E-state index contributed by atoms with van der Waals surface area (Å²) >= 11 is 0. The highest BCUT2D eigenvalue weighted by Gasteiger charge is 2.35. The van der Waals surface area contributed by atoms with Gasteiger partial charge in [-0.15, -0.1) is 0 Å². The van der Waals surface area contributed by atoms with Gasteiger partial charge in [0.25, 0.3) is 17.7 Å². The molecule has 4 rings (SSSR count). The molecule has 9 heteroatoms. The highest BCUT2D eigenvalue weighted by Crippen LogP contribution is 2.26. The maximum Gasteiger partial charge on any atom is 0.261 e. The zero-order valence-corrected chi connectivity index (χ0v) is 18.6. The Bertz CT molecular complexity index is 1010. The van der Waals surface area contributed by atoms with Crippen LogP contribution in [0.15, 0.2) is 59.6 Å². The number of hydrogen-bond acceptors (Lipinski definition) is 6. The number of carbonyl (C=O) groups is 3. The third-order valence-corrected chi connectivity index (χ3v) is 5.98. The SMILES string of the molecule is COCCN1CCC2=CCCNN(C/C(=C/F)CN3C(=O)c4ccccc4C3=O)C=C2C1=O. The van der Waals surface area contributed by atoms with Crippen molar-refractivity contribution in [3.63, 3.8) is 0 Å². The van der Waals surface area contributed by atoms with Crippen LogP contribution < -0.4 is 5.43 Å². The molecule has 174 valence electrons. The van der Waals surface area contributed by atoms with E-state index >= 15 is 0 Å². The fourth-order valence-electron chi connectivity index (χ4n) is 4.25. The topological polar surface area (TPSA) is 82.2 Å². The summed E-state index contributed by atoms with van der Waals surface area (Å²) in [6.07, 6.45) is 5.65. The molecular weight excluding hydrogens is 427 g/mol. The Morgan fingerprint density at radius 1 is 1.12 bits per heavy atom. The largest absolute Gasteiger partial charge is 0.383 e. The number of hydrazine groups is 1. The molecule has 1 saturated heterocycles. The van der Waals surface area contributed by atoms with E-state index < -0.39 is 11.8 Å². The molecule has 0 spiro atoms. The molecule has 3 heterocycles. The molecule has 0 radical (unpaired) electrons. The van der Waals surface area contributed by atoms with Gasteiger partial charge in [-0.25, -0.2) is 9.82 Å². The first-order chi connectivity index (χ1) is 16.0. The van der Waals surface area contributed by atoms with E-state index in [-0.39, 0.29) is 24.6 Å². The van der Waals surface area contributed by atoms with Crippen LogP contribution in [0.3, 0.4) is 0 Å². The summed E-state index contributed by atoms with van der Waals surface area (Å²) < 4.78 is 19.0. The highest BCUT2D eigenvalue weighted by atomic mass is 19.1. The van der Waals surface area contributed by atoms with Crippen molar-refractivity contribution in [2.45, 2.75) is 12.8 Å². The monoisotopic (exact) mass is 454 g/mol. The first-order valence-corrected chi connectivity index (χ1v) is 11.0. The van der Waals surface area contributed by atoms with Crippen molar-refractivity contribution in [3.05, 3.63) is 70.7 Å². The van der Waals surface area contributed by atoms with Crippen LogP contribution in [0.1, 0.15) is 33.6 Å². The molecular formula is C24H27FN4O4. The van der Waals surface area contributed by atoms with Crippen molar-refractivity contribution in [3.8, 4) is 0 Å². The Balaban J connectivity index is 1.50. The number of nitrogens with zero attached hydrogens (tertiary/aromatic N) is 3. The van der Waals surface area contributed by atoms with Gasteiger partial charge >= 0.3 is 0 Å². The third kappa shape index (κ3) is 4.74. The van der Waals surface area contributed by atoms with Crippen LogP contribution in [0.2, 0.25) is 0 Å². The van der Waals surface area contributed by atoms with Crippen molar-refractivity contribution in [2.24, 2.45) is 0 Å². The molecule has 1 N–H and O–H groups in total. The highest BCUT2D eigenvalue weighted by molar-refractivity contribution is 6.21. The number of carbonyl (C=O) groups excluding carboxylic acids is 3. The van der Waals surface area contributed by atoms with E-state index in [4.69, 9.17) is 4.74 Å². The third-order valence-electron chi connectivity index (χ3n) is 5.98. The van der Waals surface area contributed by atoms with Gasteiger partial charge < -0.3 is 14.6 Å². The lowest BCUT2D eigenvalue weighted by Crippen LogP contribution is -2.43. The normalized spacial score (nSPS) is 19.2. The zero-order chi connectivity index (χ0) is 23.4. The van der Waals surface area contributed by atoms with E-state index in [2.05, 4.69) is 11.5 Å². The molecule has 33 heavy (non-hydrogen) atoms. The summed E-state index contributed by atoms with van der Waals surface area (Å²) in [6, 6.07) is 6.57. The predicted molar refractivity (Wildman–Crippen MR) is 120 cm³/mol. The summed E-state index contributed by atoms with van der Waals surface area (Å²) in [7, 11) is 1.60. The molecule has 8 nitrogen and oxygen atoms in total. The van der Waals surface area contributed by atoms with Gasteiger partial charge in [-0.05, 0) is 36.1 Å². The second kappa shape index (κ2) is 10.1. The van der Waals surface area contributed by atoms with Gasteiger partial charge in [0.1, 0.15) is 0 Å². The van der Waals surface area contributed by atoms with Crippen LogP contribution in [-0.4, -0.2) is 79.0 Å². The molecule has 1 fully saturated rings. The lowest BCUT2D eigenvalue weighted by atomic mass is 9.96. The number of halogens is 1. The summed E-state index contributed by atoms with van der Waals surface area (Å²) in [5.41, 5.74) is 5.61. The number of ether oxygens (including phenoxy) is 1. The Hall–Kier alpha value is -3.30. The van der Waals surface area contributed by atoms with Gasteiger partial charge in [0.05, 0.1) is 42.7 Å². The second-order valence-corrected chi connectivity index (χ2v) is 8.14. The Kier molecular flexibility index (Phi) is 7.00. The molecule has 0 aliphatic carbocycles. The Labute approximate surface area is 191 Å². The number of methoxy groups -OCH3 is 1. The summed E-state index contributed by atoms with van der Waals surface area (Å²) in [4.78, 5) is 41.1. The number of benzene rings is 1.